The molecule has 1 saturated carbocycles. The lowest BCUT2D eigenvalue weighted by Gasteiger charge is -2.21. The molecule has 33 heavy (non-hydrogen) atoms. The summed E-state index contributed by atoms with van der Waals surface area (Å²) in [7, 11) is 1.77. The first-order chi connectivity index (χ1) is 15.9. The number of H-pyrrole nitrogens is 1. The summed E-state index contributed by atoms with van der Waals surface area (Å²) >= 11 is 0. The van der Waals surface area contributed by atoms with Crippen LogP contribution in [0.5, 0.6) is 5.75 Å². The standard InChI is InChI=1S/C24H30N6O3/c1-4-6-17-19-20(29(3)28-17)23(32)27-22(26-19)15-11-14(7-8-18(15)33-5-2)30-10-9-24(13-30)12-16(24)21(25)31/h7-8,11,16H,4-6,9-10,12-13H2,1-3H3,(H2,25,31)(H,26,27,32). The van der Waals surface area contributed by atoms with Crippen LogP contribution >= 0.6 is 0 Å². The van der Waals surface area contributed by atoms with Crippen LogP contribution in [-0.2, 0) is 18.3 Å². The molecular weight excluding hydrogens is 420 g/mol. The van der Waals surface area contributed by atoms with Gasteiger partial charge in [0.2, 0.25) is 5.91 Å². The summed E-state index contributed by atoms with van der Waals surface area (Å²) in [6, 6.07) is 5.97. The first kappa shape index (κ1) is 21.5. The number of rotatable bonds is 7. The molecule has 9 nitrogen and oxygen atoms in total. The molecule has 3 aromatic rings. The molecule has 1 aliphatic carbocycles. The summed E-state index contributed by atoms with van der Waals surface area (Å²) in [4.78, 5) is 34.7. The highest BCUT2D eigenvalue weighted by molar-refractivity contribution is 5.82. The third-order valence-electron chi connectivity index (χ3n) is 7.05. The molecular formula is C24H30N6O3. The van der Waals surface area contributed by atoms with Gasteiger partial charge in [0.05, 0.1) is 17.9 Å². The number of aryl methyl sites for hydroxylation is 2. The normalized spacial score (nSPS) is 21.8. The van der Waals surface area contributed by atoms with Gasteiger partial charge in [0.1, 0.15) is 17.1 Å². The molecule has 0 radical (unpaired) electrons. The van der Waals surface area contributed by atoms with E-state index in [2.05, 4.69) is 21.9 Å². The van der Waals surface area contributed by atoms with Gasteiger partial charge in [0.25, 0.3) is 5.56 Å². The van der Waals surface area contributed by atoms with E-state index in [9.17, 15) is 9.59 Å². The molecule has 1 amide bonds. The van der Waals surface area contributed by atoms with Gasteiger partial charge in [-0.1, -0.05) is 13.3 Å². The van der Waals surface area contributed by atoms with Gasteiger partial charge in [-0.15, -0.1) is 0 Å². The lowest BCUT2D eigenvalue weighted by Crippen LogP contribution is -2.23. The van der Waals surface area contributed by atoms with Crippen molar-refractivity contribution in [2.75, 3.05) is 24.6 Å². The van der Waals surface area contributed by atoms with Crippen LogP contribution in [-0.4, -0.2) is 45.4 Å². The number of nitrogens with one attached hydrogen (secondary N) is 1. The van der Waals surface area contributed by atoms with Gasteiger partial charge in [-0.25, -0.2) is 4.98 Å². The number of nitrogens with zero attached hydrogens (tertiary/aromatic N) is 4. The van der Waals surface area contributed by atoms with Gasteiger partial charge in [-0.3, -0.25) is 14.3 Å². The van der Waals surface area contributed by atoms with Gasteiger partial charge in [-0.2, -0.15) is 5.10 Å². The molecule has 174 valence electrons. The lowest BCUT2D eigenvalue weighted by molar-refractivity contribution is -0.119. The molecule has 1 aromatic carbocycles. The minimum absolute atomic E-state index is 0.0147. The maximum absolute atomic E-state index is 13.0. The zero-order valence-electron chi connectivity index (χ0n) is 19.4. The van der Waals surface area contributed by atoms with Crippen molar-refractivity contribution < 1.29 is 9.53 Å². The van der Waals surface area contributed by atoms with Crippen molar-refractivity contribution in [3.05, 3.63) is 34.2 Å². The van der Waals surface area contributed by atoms with E-state index in [0.29, 0.717) is 29.2 Å². The number of hydrogen-bond acceptors (Lipinski definition) is 6. The Bertz CT molecular complexity index is 1300. The Morgan fingerprint density at radius 3 is 2.88 bits per heavy atom. The van der Waals surface area contributed by atoms with Crippen LogP contribution in [0.25, 0.3) is 22.4 Å². The molecule has 2 atom stereocenters. The van der Waals surface area contributed by atoms with Crippen LogP contribution in [0.3, 0.4) is 0 Å². The molecule has 1 spiro atoms. The summed E-state index contributed by atoms with van der Waals surface area (Å²) in [5.74, 6) is 0.921. The summed E-state index contributed by atoms with van der Waals surface area (Å²) in [6.07, 6.45) is 3.50. The number of carbonyl (C=O) groups excluding carboxylic acids is 1. The Morgan fingerprint density at radius 1 is 1.36 bits per heavy atom. The monoisotopic (exact) mass is 450 g/mol. The lowest BCUT2D eigenvalue weighted by atomic mass is 10.0. The number of ether oxygens (including phenoxy) is 1. The van der Waals surface area contributed by atoms with Crippen LogP contribution in [0.15, 0.2) is 23.0 Å². The molecule has 2 aliphatic rings. The third kappa shape index (κ3) is 3.55. The van der Waals surface area contributed by atoms with Crippen molar-refractivity contribution in [1.82, 2.24) is 19.7 Å². The maximum Gasteiger partial charge on any atom is 0.277 e. The van der Waals surface area contributed by atoms with Crippen LogP contribution in [0, 0.1) is 11.3 Å². The molecule has 2 unspecified atom stereocenters. The largest absolute Gasteiger partial charge is 0.493 e. The molecule has 2 aromatic heterocycles. The second kappa shape index (κ2) is 7.90. The number of anilines is 1. The van der Waals surface area contributed by atoms with Crippen molar-refractivity contribution in [3.63, 3.8) is 0 Å². The predicted octanol–water partition coefficient (Wildman–Crippen LogP) is 2.38. The average Bonchev–Trinajstić information content (AvgIpc) is 3.17. The van der Waals surface area contributed by atoms with E-state index in [4.69, 9.17) is 15.5 Å². The third-order valence-corrected chi connectivity index (χ3v) is 7.05. The van der Waals surface area contributed by atoms with Crippen molar-refractivity contribution in [1.29, 1.82) is 0 Å². The number of hydrogen-bond donors (Lipinski definition) is 2. The smallest absolute Gasteiger partial charge is 0.277 e. The highest BCUT2D eigenvalue weighted by atomic mass is 16.5. The number of aromatic amines is 1. The predicted molar refractivity (Wildman–Crippen MR) is 126 cm³/mol. The van der Waals surface area contributed by atoms with Crippen molar-refractivity contribution in [2.45, 2.75) is 39.5 Å². The zero-order valence-corrected chi connectivity index (χ0v) is 19.4. The van der Waals surface area contributed by atoms with Crippen molar-refractivity contribution >= 4 is 22.6 Å². The second-order valence-corrected chi connectivity index (χ2v) is 9.24. The Balaban J connectivity index is 1.56. The molecule has 3 heterocycles. The van der Waals surface area contributed by atoms with E-state index < -0.39 is 0 Å². The first-order valence-corrected chi connectivity index (χ1v) is 11.6. The molecule has 3 N–H and O–H groups in total. The molecule has 1 aliphatic heterocycles. The van der Waals surface area contributed by atoms with E-state index in [1.807, 2.05) is 25.1 Å². The Kier molecular flexibility index (Phi) is 5.14. The fourth-order valence-corrected chi connectivity index (χ4v) is 5.28. The fourth-order valence-electron chi connectivity index (χ4n) is 5.28. The van der Waals surface area contributed by atoms with Crippen LogP contribution in [0.4, 0.5) is 5.69 Å². The number of benzene rings is 1. The number of nitrogens with two attached hydrogens (primary N) is 1. The molecule has 2 fully saturated rings. The topological polar surface area (TPSA) is 119 Å². The van der Waals surface area contributed by atoms with Crippen LogP contribution in [0.1, 0.15) is 38.8 Å². The van der Waals surface area contributed by atoms with Gasteiger partial charge in [-0.05, 0) is 44.4 Å². The summed E-state index contributed by atoms with van der Waals surface area (Å²) < 4.78 is 7.48. The van der Waals surface area contributed by atoms with Gasteiger partial charge < -0.3 is 20.4 Å². The van der Waals surface area contributed by atoms with Crippen molar-refractivity contribution in [3.8, 4) is 17.1 Å². The maximum atomic E-state index is 13.0. The number of fused-ring (bicyclic) bond motifs is 1. The first-order valence-electron chi connectivity index (χ1n) is 11.6. The van der Waals surface area contributed by atoms with E-state index in [-0.39, 0.29) is 22.8 Å². The Hall–Kier alpha value is -3.36. The molecule has 5 rings (SSSR count). The summed E-state index contributed by atoms with van der Waals surface area (Å²) in [5.41, 5.74) is 9.04. The highest BCUT2D eigenvalue weighted by Gasteiger charge is 2.60. The number of aromatic nitrogens is 4. The summed E-state index contributed by atoms with van der Waals surface area (Å²) in [6.45, 7) is 6.18. The number of carbonyl (C=O) groups is 1. The minimum Gasteiger partial charge on any atom is -0.493 e. The van der Waals surface area contributed by atoms with E-state index in [1.165, 1.54) is 0 Å². The molecule has 0 bridgehead atoms. The van der Waals surface area contributed by atoms with Gasteiger partial charge in [0, 0.05) is 37.2 Å². The average molecular weight is 451 g/mol. The van der Waals surface area contributed by atoms with Gasteiger partial charge in [0.15, 0.2) is 5.52 Å². The van der Waals surface area contributed by atoms with Crippen LogP contribution < -0.4 is 20.9 Å². The van der Waals surface area contributed by atoms with E-state index in [0.717, 1.165) is 55.7 Å². The fraction of sp³-hybridized carbons (Fsp3) is 0.500. The van der Waals surface area contributed by atoms with Crippen LogP contribution in [0.2, 0.25) is 0 Å². The van der Waals surface area contributed by atoms with E-state index in [1.54, 1.807) is 11.7 Å². The van der Waals surface area contributed by atoms with Gasteiger partial charge >= 0.3 is 0 Å². The summed E-state index contributed by atoms with van der Waals surface area (Å²) in [5, 5.41) is 4.52. The molecule has 9 heteroatoms. The minimum atomic E-state index is -0.220. The number of primary amides is 1. The highest BCUT2D eigenvalue weighted by Crippen LogP contribution is 2.58. The Morgan fingerprint density at radius 2 is 2.18 bits per heavy atom. The quantitative estimate of drug-likeness (QED) is 0.570. The SMILES string of the molecule is CCCc1nn(C)c2c(=O)[nH]c(-c3cc(N4CCC5(CC5C(N)=O)C4)ccc3OCC)nc12. The molecule has 1 saturated heterocycles. The van der Waals surface area contributed by atoms with E-state index >= 15 is 0 Å². The zero-order chi connectivity index (χ0) is 23.3. The van der Waals surface area contributed by atoms with Crippen molar-refractivity contribution in [2.24, 2.45) is 24.1 Å². The Labute approximate surface area is 191 Å². The number of amides is 1. The second-order valence-electron chi connectivity index (χ2n) is 9.24.